The predicted octanol–water partition coefficient (Wildman–Crippen LogP) is 2.87. The van der Waals surface area contributed by atoms with Crippen LogP contribution in [0.3, 0.4) is 0 Å². The molecule has 1 saturated carbocycles. The third-order valence-corrected chi connectivity index (χ3v) is 5.97. The molecule has 154 valence electrons. The van der Waals surface area contributed by atoms with Gasteiger partial charge in [-0.3, -0.25) is 9.59 Å². The Labute approximate surface area is 171 Å². The summed E-state index contributed by atoms with van der Waals surface area (Å²) in [5.41, 5.74) is 3.28. The Hall–Kier alpha value is -2.70. The van der Waals surface area contributed by atoms with Crippen LogP contribution < -0.4 is 5.32 Å². The van der Waals surface area contributed by atoms with E-state index in [9.17, 15) is 9.59 Å². The van der Waals surface area contributed by atoms with Crippen LogP contribution >= 0.6 is 0 Å². The second kappa shape index (κ2) is 8.35. The molecular formula is C22H29N5O2. The van der Waals surface area contributed by atoms with Gasteiger partial charge in [-0.1, -0.05) is 35.2 Å². The van der Waals surface area contributed by atoms with Gasteiger partial charge in [0.2, 0.25) is 0 Å². The Kier molecular flexibility index (Phi) is 5.65. The lowest BCUT2D eigenvalue weighted by Crippen LogP contribution is -2.38. The molecule has 2 fully saturated rings. The average Bonchev–Trinajstić information content (AvgIpc) is 3.42. The predicted molar refractivity (Wildman–Crippen MR) is 110 cm³/mol. The number of hydrogen-bond donors (Lipinski definition) is 1. The van der Waals surface area contributed by atoms with Crippen LogP contribution in [0.25, 0.3) is 0 Å². The van der Waals surface area contributed by atoms with Gasteiger partial charge in [-0.2, -0.15) is 0 Å². The highest BCUT2D eigenvalue weighted by molar-refractivity contribution is 5.95. The van der Waals surface area contributed by atoms with E-state index in [2.05, 4.69) is 21.7 Å². The van der Waals surface area contributed by atoms with Crippen LogP contribution in [0.1, 0.15) is 70.5 Å². The third-order valence-electron chi connectivity index (χ3n) is 5.97. The highest BCUT2D eigenvalue weighted by Gasteiger charge is 2.30. The summed E-state index contributed by atoms with van der Waals surface area (Å²) in [6, 6.07) is 6.30. The van der Waals surface area contributed by atoms with Crippen molar-refractivity contribution in [2.75, 3.05) is 6.54 Å². The molecule has 7 heteroatoms. The zero-order valence-corrected chi connectivity index (χ0v) is 17.2. The van der Waals surface area contributed by atoms with E-state index in [4.69, 9.17) is 0 Å². The maximum Gasteiger partial charge on any atom is 0.273 e. The minimum atomic E-state index is -0.155. The van der Waals surface area contributed by atoms with Gasteiger partial charge in [0.15, 0.2) is 5.69 Å². The molecule has 1 aliphatic carbocycles. The number of aryl methyl sites for hydroxylation is 2. The zero-order chi connectivity index (χ0) is 20.4. The van der Waals surface area contributed by atoms with Crippen molar-refractivity contribution in [3.05, 3.63) is 46.8 Å². The number of aromatic nitrogens is 3. The number of carbonyl (C=O) groups excluding carboxylic acids is 2. The molecule has 0 radical (unpaired) electrons. The molecular weight excluding hydrogens is 366 g/mol. The second-order valence-electron chi connectivity index (χ2n) is 8.45. The standard InChI is InChI=1S/C22H29N5O2/c1-15-10-16(2)12-17(11-15)22(29)27-9-5-8-19(27)13-26-14-20(24-25-26)21(28)23-18-6-3-4-7-18/h10-12,14,18-19H,3-9,13H2,1-2H3,(H,23,28). The number of hydrogen-bond acceptors (Lipinski definition) is 4. The number of amides is 2. The lowest BCUT2D eigenvalue weighted by Gasteiger charge is -2.25. The van der Waals surface area contributed by atoms with Crippen molar-refractivity contribution >= 4 is 11.8 Å². The average molecular weight is 396 g/mol. The molecule has 2 amide bonds. The summed E-state index contributed by atoms with van der Waals surface area (Å²) in [5, 5.41) is 11.2. The van der Waals surface area contributed by atoms with E-state index in [0.29, 0.717) is 12.2 Å². The van der Waals surface area contributed by atoms with Crippen LogP contribution in [-0.2, 0) is 6.54 Å². The Morgan fingerprint density at radius 3 is 2.52 bits per heavy atom. The molecule has 1 N–H and O–H groups in total. The Bertz CT molecular complexity index is 880. The summed E-state index contributed by atoms with van der Waals surface area (Å²) in [6.45, 7) is 5.33. The van der Waals surface area contributed by atoms with E-state index in [-0.39, 0.29) is 23.9 Å². The number of benzene rings is 1. The SMILES string of the molecule is Cc1cc(C)cc(C(=O)N2CCCC2Cn2cc(C(=O)NC3CCCC3)nn2)c1. The lowest BCUT2D eigenvalue weighted by molar-refractivity contribution is 0.0720. The summed E-state index contributed by atoms with van der Waals surface area (Å²) in [4.78, 5) is 27.4. The first-order chi connectivity index (χ1) is 14.0. The second-order valence-corrected chi connectivity index (χ2v) is 8.45. The first-order valence-corrected chi connectivity index (χ1v) is 10.6. The monoisotopic (exact) mass is 395 g/mol. The largest absolute Gasteiger partial charge is 0.348 e. The van der Waals surface area contributed by atoms with Crippen LogP contribution in [0.5, 0.6) is 0 Å². The molecule has 0 spiro atoms. The molecule has 1 aliphatic heterocycles. The normalized spacial score (nSPS) is 19.7. The van der Waals surface area contributed by atoms with Crippen LogP contribution in [0.2, 0.25) is 0 Å². The fourth-order valence-corrected chi connectivity index (χ4v) is 4.59. The molecule has 1 unspecified atom stereocenters. The molecule has 1 atom stereocenters. The highest BCUT2D eigenvalue weighted by atomic mass is 16.2. The minimum Gasteiger partial charge on any atom is -0.348 e. The smallest absolute Gasteiger partial charge is 0.273 e. The number of nitrogens with one attached hydrogen (secondary N) is 1. The van der Waals surface area contributed by atoms with Crippen LogP contribution in [0.4, 0.5) is 0 Å². The van der Waals surface area contributed by atoms with Gasteiger partial charge in [0.25, 0.3) is 11.8 Å². The van der Waals surface area contributed by atoms with Gasteiger partial charge < -0.3 is 10.2 Å². The first-order valence-electron chi connectivity index (χ1n) is 10.6. The van der Waals surface area contributed by atoms with E-state index >= 15 is 0 Å². The molecule has 2 aliphatic rings. The van der Waals surface area contributed by atoms with Gasteiger partial charge in [-0.05, 0) is 51.7 Å². The van der Waals surface area contributed by atoms with Gasteiger partial charge in [-0.15, -0.1) is 5.10 Å². The molecule has 29 heavy (non-hydrogen) atoms. The van der Waals surface area contributed by atoms with Crippen molar-refractivity contribution in [1.82, 2.24) is 25.2 Å². The minimum absolute atomic E-state index is 0.0655. The Balaban J connectivity index is 1.41. The molecule has 7 nitrogen and oxygen atoms in total. The number of rotatable bonds is 5. The van der Waals surface area contributed by atoms with Gasteiger partial charge in [0, 0.05) is 18.2 Å². The van der Waals surface area contributed by atoms with Crippen LogP contribution in [0.15, 0.2) is 24.4 Å². The Morgan fingerprint density at radius 2 is 1.79 bits per heavy atom. The number of likely N-dealkylation sites (tertiary alicyclic amines) is 1. The third kappa shape index (κ3) is 4.49. The molecule has 2 aromatic rings. The molecule has 1 aromatic heterocycles. The fourth-order valence-electron chi connectivity index (χ4n) is 4.59. The molecule has 1 saturated heterocycles. The van der Waals surface area contributed by atoms with Crippen molar-refractivity contribution in [2.45, 2.75) is 71.0 Å². The van der Waals surface area contributed by atoms with Crippen LogP contribution in [-0.4, -0.2) is 50.3 Å². The van der Waals surface area contributed by atoms with Gasteiger partial charge in [0.05, 0.1) is 18.8 Å². The van der Waals surface area contributed by atoms with Crippen LogP contribution in [0, 0.1) is 13.8 Å². The Morgan fingerprint density at radius 1 is 1.07 bits per heavy atom. The maximum atomic E-state index is 13.1. The van der Waals surface area contributed by atoms with E-state index < -0.39 is 0 Å². The van der Waals surface area contributed by atoms with E-state index in [0.717, 1.165) is 48.9 Å². The quantitative estimate of drug-likeness (QED) is 0.844. The summed E-state index contributed by atoms with van der Waals surface area (Å²) in [7, 11) is 0. The lowest BCUT2D eigenvalue weighted by atomic mass is 10.1. The summed E-state index contributed by atoms with van der Waals surface area (Å²) in [5.74, 6) is -0.0867. The van der Waals surface area contributed by atoms with E-state index in [1.165, 1.54) is 12.8 Å². The molecule has 2 heterocycles. The fraction of sp³-hybridized carbons (Fsp3) is 0.545. The van der Waals surface area contributed by atoms with Crippen molar-refractivity contribution in [3.63, 3.8) is 0 Å². The van der Waals surface area contributed by atoms with Gasteiger partial charge >= 0.3 is 0 Å². The topological polar surface area (TPSA) is 80.1 Å². The molecule has 4 rings (SSSR count). The van der Waals surface area contributed by atoms with E-state index in [1.807, 2.05) is 30.9 Å². The van der Waals surface area contributed by atoms with Gasteiger partial charge in [-0.25, -0.2) is 4.68 Å². The first kappa shape index (κ1) is 19.6. The van der Waals surface area contributed by atoms with Crippen molar-refractivity contribution < 1.29 is 9.59 Å². The van der Waals surface area contributed by atoms with Crippen molar-refractivity contribution in [2.24, 2.45) is 0 Å². The summed E-state index contributed by atoms with van der Waals surface area (Å²) in [6.07, 6.45) is 8.02. The summed E-state index contributed by atoms with van der Waals surface area (Å²) >= 11 is 0. The van der Waals surface area contributed by atoms with Crippen molar-refractivity contribution in [1.29, 1.82) is 0 Å². The molecule has 1 aromatic carbocycles. The molecule has 0 bridgehead atoms. The van der Waals surface area contributed by atoms with E-state index in [1.54, 1.807) is 10.9 Å². The van der Waals surface area contributed by atoms with Gasteiger partial charge in [0.1, 0.15) is 0 Å². The van der Waals surface area contributed by atoms with Crippen molar-refractivity contribution in [3.8, 4) is 0 Å². The number of carbonyl (C=O) groups is 2. The zero-order valence-electron chi connectivity index (χ0n) is 17.2. The summed E-state index contributed by atoms with van der Waals surface area (Å²) < 4.78 is 1.70. The highest BCUT2D eigenvalue weighted by Crippen LogP contribution is 2.23. The number of nitrogens with zero attached hydrogens (tertiary/aromatic N) is 4. The maximum absolute atomic E-state index is 13.1.